The Balaban J connectivity index is 0.924. The Labute approximate surface area is 521 Å². The lowest BCUT2D eigenvalue weighted by atomic mass is 9.63. The van der Waals surface area contributed by atoms with E-state index in [1.54, 1.807) is 0 Å². The Bertz CT molecular complexity index is 2880. The maximum absolute atomic E-state index is 13.9. The van der Waals surface area contributed by atoms with Gasteiger partial charge in [-0.3, -0.25) is 19.2 Å². The fraction of sp³-hybridized carbons (Fsp3) is 0.568. The summed E-state index contributed by atoms with van der Waals surface area (Å²) in [5.41, 5.74) is 14.3. The highest BCUT2D eigenvalue weighted by Gasteiger charge is 2.38. The summed E-state index contributed by atoms with van der Waals surface area (Å²) in [6.45, 7) is 32.1. The number of hydrogen-bond donors (Lipinski definition) is 3. The fourth-order valence-corrected chi connectivity index (χ4v) is 11.6. The minimum atomic E-state index is -0.537. The average molecular weight is 1200 g/mol. The Morgan fingerprint density at radius 1 is 0.448 bits per heavy atom. The Morgan fingerprint density at radius 3 is 1.33 bits per heavy atom. The Kier molecular flexibility index (Phi) is 28.1. The number of rotatable bonds is 38. The first-order valence-corrected chi connectivity index (χ1v) is 32.3. The number of ether oxygens (including phenoxy) is 6. The van der Waals surface area contributed by atoms with Crippen LogP contribution in [-0.2, 0) is 59.7 Å². The topological polar surface area (TPSA) is 160 Å². The van der Waals surface area contributed by atoms with E-state index in [0.717, 1.165) is 23.1 Å². The number of hydrogen-bond acceptors (Lipinski definition) is 10. The van der Waals surface area contributed by atoms with Gasteiger partial charge in [-0.25, -0.2) is 0 Å². The molecule has 3 amide bonds. The molecule has 0 heterocycles. The SMILES string of the molecule is CCOCCOCCOCCC(=O)NCCCOCCOCCOCCCNC(=O)[C@@H](CCCCNC(=O)c1ccc(/C=C(\C)c2ccc3c(c2)C(C)(C)CCC3(C)C)cc1)CC(=O)c1ccc(/C=C(\C)c2ccc3c(c2)C(C)(C)CCC3(C)C)cc1. The second-order valence-corrected chi connectivity index (χ2v) is 26.4. The van der Waals surface area contributed by atoms with Crippen LogP contribution >= 0.6 is 0 Å². The van der Waals surface area contributed by atoms with Gasteiger partial charge in [-0.05, 0) is 162 Å². The monoisotopic (exact) mass is 1200 g/mol. The Morgan fingerprint density at radius 2 is 0.851 bits per heavy atom. The third kappa shape index (κ3) is 22.6. The molecule has 87 heavy (non-hydrogen) atoms. The number of Topliss-reactive ketones (excluding diaryl/α,β-unsaturated/α-hetero) is 1. The number of fused-ring (bicyclic) bond motifs is 2. The van der Waals surface area contributed by atoms with Gasteiger partial charge in [0.2, 0.25) is 11.8 Å². The molecule has 6 rings (SSSR count). The van der Waals surface area contributed by atoms with Crippen LogP contribution in [0.3, 0.4) is 0 Å². The first kappa shape index (κ1) is 70.3. The molecule has 0 radical (unpaired) electrons. The molecule has 0 saturated heterocycles. The lowest BCUT2D eigenvalue weighted by molar-refractivity contribution is -0.125. The molecule has 13 heteroatoms. The van der Waals surface area contributed by atoms with E-state index < -0.39 is 5.92 Å². The molecule has 0 spiro atoms. The molecule has 0 fully saturated rings. The number of unbranched alkanes of at least 4 members (excludes halogenated alkanes) is 1. The van der Waals surface area contributed by atoms with E-state index >= 15 is 0 Å². The van der Waals surface area contributed by atoms with Crippen molar-refractivity contribution in [1.29, 1.82) is 0 Å². The van der Waals surface area contributed by atoms with E-state index in [4.69, 9.17) is 28.4 Å². The zero-order chi connectivity index (χ0) is 62.9. The fourth-order valence-electron chi connectivity index (χ4n) is 11.6. The average Bonchev–Trinajstić information content (AvgIpc) is 1.06. The van der Waals surface area contributed by atoms with E-state index in [1.165, 1.54) is 58.2 Å². The van der Waals surface area contributed by atoms with Crippen molar-refractivity contribution >= 4 is 46.8 Å². The predicted molar refractivity (Wildman–Crippen MR) is 353 cm³/mol. The van der Waals surface area contributed by atoms with Gasteiger partial charge < -0.3 is 44.4 Å². The van der Waals surface area contributed by atoms with Crippen molar-refractivity contribution in [3.8, 4) is 0 Å². The standard InChI is InChI=1S/C74H105N3O10/c1-12-82-41-42-86-48-45-85-40-30-68(79)75-36-15-38-83-43-46-87-47-44-84-39-16-37-77-70(81)62(53-67(78)58-22-18-56(19-23-58)49-54(2)60-26-28-63-65(51-60)73(8,9)33-31-71(63,4)5)17-13-14-35-76-69(80)59-24-20-57(21-25-59)50-55(3)61-27-29-64-66(52-61)74(10,11)34-32-72(64,6)7/h18-29,49-52,62H,12-17,30-48,53H2,1-11H3,(H,75,79)(H,76,80)(H,77,81)/b54-49+,55-50+/t62-/m0/s1. The summed E-state index contributed by atoms with van der Waals surface area (Å²) in [7, 11) is 0. The highest BCUT2D eigenvalue weighted by molar-refractivity contribution is 5.99. The molecular formula is C74H105N3O10. The molecule has 0 unspecified atom stereocenters. The Hall–Kier alpha value is -5.80. The quantitative estimate of drug-likeness (QED) is 0.0224. The normalized spacial score (nSPS) is 16.1. The number of benzene rings is 4. The first-order valence-electron chi connectivity index (χ1n) is 32.3. The summed E-state index contributed by atoms with van der Waals surface area (Å²) >= 11 is 0. The molecule has 0 bridgehead atoms. The third-order valence-corrected chi connectivity index (χ3v) is 17.6. The summed E-state index contributed by atoms with van der Waals surface area (Å²) < 4.78 is 33.1. The highest BCUT2D eigenvalue weighted by atomic mass is 16.5. The zero-order valence-electron chi connectivity index (χ0n) is 54.8. The molecule has 3 N–H and O–H groups in total. The van der Waals surface area contributed by atoms with Crippen LogP contribution < -0.4 is 16.0 Å². The molecule has 1 atom stereocenters. The van der Waals surface area contributed by atoms with E-state index in [0.29, 0.717) is 149 Å². The predicted octanol–water partition coefficient (Wildman–Crippen LogP) is 13.8. The number of amides is 3. The largest absolute Gasteiger partial charge is 0.379 e. The van der Waals surface area contributed by atoms with Crippen molar-refractivity contribution in [3.05, 3.63) is 141 Å². The number of nitrogens with one attached hydrogen (secondary N) is 3. The van der Waals surface area contributed by atoms with Crippen molar-refractivity contribution in [1.82, 2.24) is 16.0 Å². The van der Waals surface area contributed by atoms with E-state index in [1.807, 2.05) is 55.5 Å². The van der Waals surface area contributed by atoms with Crippen LogP contribution in [0.4, 0.5) is 0 Å². The van der Waals surface area contributed by atoms with Crippen LogP contribution in [0.5, 0.6) is 0 Å². The van der Waals surface area contributed by atoms with Gasteiger partial charge in [-0.15, -0.1) is 0 Å². The van der Waals surface area contributed by atoms with Crippen LogP contribution in [0.25, 0.3) is 23.3 Å². The second-order valence-electron chi connectivity index (χ2n) is 26.4. The van der Waals surface area contributed by atoms with Gasteiger partial charge in [0.05, 0.1) is 59.5 Å². The van der Waals surface area contributed by atoms with Crippen molar-refractivity contribution in [2.45, 2.75) is 168 Å². The minimum Gasteiger partial charge on any atom is -0.379 e. The smallest absolute Gasteiger partial charge is 0.251 e. The van der Waals surface area contributed by atoms with Crippen molar-refractivity contribution in [2.24, 2.45) is 5.92 Å². The van der Waals surface area contributed by atoms with E-state index in [-0.39, 0.29) is 51.6 Å². The molecule has 4 aromatic rings. The van der Waals surface area contributed by atoms with Gasteiger partial charge in [-0.2, -0.15) is 0 Å². The molecule has 0 aliphatic heterocycles. The molecule has 13 nitrogen and oxygen atoms in total. The molecule has 0 aromatic heterocycles. The molecule has 476 valence electrons. The summed E-state index contributed by atoms with van der Waals surface area (Å²) in [4.78, 5) is 53.1. The highest BCUT2D eigenvalue weighted by Crippen LogP contribution is 2.48. The van der Waals surface area contributed by atoms with Crippen LogP contribution in [0.15, 0.2) is 84.9 Å². The zero-order valence-corrected chi connectivity index (χ0v) is 54.8. The third-order valence-electron chi connectivity index (χ3n) is 17.6. The molecular weight excluding hydrogens is 1090 g/mol. The van der Waals surface area contributed by atoms with Gasteiger partial charge >= 0.3 is 0 Å². The maximum Gasteiger partial charge on any atom is 0.251 e. The second kappa shape index (κ2) is 34.8. The van der Waals surface area contributed by atoms with Gasteiger partial charge in [0.1, 0.15) is 0 Å². The van der Waals surface area contributed by atoms with Gasteiger partial charge in [0.15, 0.2) is 5.78 Å². The summed E-state index contributed by atoms with van der Waals surface area (Å²) in [6, 6.07) is 29.3. The van der Waals surface area contributed by atoms with Crippen LogP contribution in [-0.4, -0.2) is 122 Å². The number of carbonyl (C=O) groups excluding carboxylic acids is 4. The molecule has 0 saturated carbocycles. The van der Waals surface area contributed by atoms with Crippen molar-refractivity contribution < 1.29 is 47.6 Å². The van der Waals surface area contributed by atoms with E-state index in [9.17, 15) is 19.2 Å². The molecule has 2 aliphatic carbocycles. The van der Waals surface area contributed by atoms with Gasteiger partial charge in [-0.1, -0.05) is 147 Å². The lowest BCUT2D eigenvalue weighted by Crippen LogP contribution is -2.33. The number of ketones is 1. The number of allylic oxidation sites excluding steroid dienone is 2. The van der Waals surface area contributed by atoms with Gasteiger partial charge in [0.25, 0.3) is 5.91 Å². The van der Waals surface area contributed by atoms with Crippen LogP contribution in [0, 0.1) is 5.92 Å². The van der Waals surface area contributed by atoms with Crippen molar-refractivity contribution in [2.75, 3.05) is 98.9 Å². The van der Waals surface area contributed by atoms with E-state index in [2.05, 4.69) is 134 Å². The maximum atomic E-state index is 13.9. The molecule has 2 aliphatic rings. The number of carbonyl (C=O) groups is 4. The summed E-state index contributed by atoms with van der Waals surface area (Å²) in [5.74, 6) is -0.981. The summed E-state index contributed by atoms with van der Waals surface area (Å²) in [5, 5.41) is 9.02. The van der Waals surface area contributed by atoms with Crippen molar-refractivity contribution in [3.63, 3.8) is 0 Å². The first-order chi connectivity index (χ1) is 41.6. The lowest BCUT2D eigenvalue weighted by Gasteiger charge is -2.42. The molecule has 4 aromatic carbocycles. The van der Waals surface area contributed by atoms with Crippen LogP contribution in [0.1, 0.15) is 212 Å². The van der Waals surface area contributed by atoms with Gasteiger partial charge in [0, 0.05) is 69.3 Å². The van der Waals surface area contributed by atoms with Crippen LogP contribution in [0.2, 0.25) is 0 Å². The summed E-state index contributed by atoms with van der Waals surface area (Å²) in [6.07, 6.45) is 12.5. The minimum absolute atomic E-state index is 0.0567.